The molecule has 6 heteroatoms. The predicted molar refractivity (Wildman–Crippen MR) is 37.1 cm³/mol. The smallest absolute Gasteiger partial charge is 0.292 e. The number of alkyl halides is 5. The first-order valence-electron chi connectivity index (χ1n) is 1.86. The molecule has 0 aliphatic rings. The molecule has 0 fully saturated rings. The van der Waals surface area contributed by atoms with Crippen LogP contribution in [0.25, 0.3) is 0 Å². The van der Waals surface area contributed by atoms with Crippen molar-refractivity contribution in [1.29, 1.82) is 0 Å². The van der Waals surface area contributed by atoms with Gasteiger partial charge in [-0.1, -0.05) is 46.4 Å². The minimum absolute atomic E-state index is 0.848. The third-order valence-electron chi connectivity index (χ3n) is 0.613. The van der Waals surface area contributed by atoms with E-state index in [9.17, 15) is 4.39 Å². The minimum Gasteiger partial charge on any atom is -0.393 e. The van der Waals surface area contributed by atoms with Gasteiger partial charge in [-0.2, -0.15) is 0 Å². The van der Waals surface area contributed by atoms with Gasteiger partial charge in [0.2, 0.25) is 4.33 Å². The molecule has 0 aromatic carbocycles. The van der Waals surface area contributed by atoms with Crippen LogP contribution < -0.4 is 0 Å². The van der Waals surface area contributed by atoms with E-state index in [0.717, 1.165) is 0 Å². The van der Waals surface area contributed by atoms with Crippen molar-refractivity contribution in [2.75, 3.05) is 6.61 Å². The number of halogens is 5. The molecule has 0 atom stereocenters. The fraction of sp³-hybridized carbons (Fsp3) is 1.00. The Balaban J connectivity index is 4.14. The van der Waals surface area contributed by atoms with Gasteiger partial charge in [-0.25, -0.2) is 4.39 Å². The van der Waals surface area contributed by atoms with Gasteiger partial charge in [0.1, 0.15) is 0 Å². The Morgan fingerprint density at radius 3 is 1.56 bits per heavy atom. The highest BCUT2D eigenvalue weighted by atomic mass is 35.5. The third-order valence-corrected chi connectivity index (χ3v) is 2.41. The summed E-state index contributed by atoms with van der Waals surface area (Å²) in [5, 5.41) is 8.26. The van der Waals surface area contributed by atoms with E-state index in [1.165, 1.54) is 0 Å². The average molecular weight is 216 g/mol. The Morgan fingerprint density at radius 2 is 1.56 bits per heavy atom. The molecule has 0 rings (SSSR count). The molecule has 9 heavy (non-hydrogen) atoms. The summed E-state index contributed by atoms with van der Waals surface area (Å²) in [6, 6.07) is 0. The lowest BCUT2D eigenvalue weighted by atomic mass is 10.5. The van der Waals surface area contributed by atoms with Crippen molar-refractivity contribution in [2.45, 2.75) is 8.92 Å². The lowest BCUT2D eigenvalue weighted by molar-refractivity contribution is 0.226. The second-order valence-corrected chi connectivity index (χ2v) is 4.08. The molecule has 0 aromatic rings. The Morgan fingerprint density at radius 1 is 1.22 bits per heavy atom. The molecule has 0 unspecified atom stereocenters. The highest BCUT2D eigenvalue weighted by Crippen LogP contribution is 2.43. The summed E-state index contributed by atoms with van der Waals surface area (Å²) in [6.07, 6.45) is 0. The first kappa shape index (κ1) is 10.0. The molecule has 0 amide bonds. The first-order valence-corrected chi connectivity index (χ1v) is 3.38. The van der Waals surface area contributed by atoms with Crippen LogP contribution in [0.1, 0.15) is 0 Å². The first-order chi connectivity index (χ1) is 3.81. The van der Waals surface area contributed by atoms with E-state index >= 15 is 0 Å². The van der Waals surface area contributed by atoms with E-state index in [4.69, 9.17) is 51.5 Å². The van der Waals surface area contributed by atoms with Crippen LogP contribution in [0.15, 0.2) is 0 Å². The standard InChI is InChI=1S/C3H3Cl4FO/c4-2(5,1-9)3(6,7)8/h9H,1H2. The molecular formula is C3H3Cl4FO. The maximum Gasteiger partial charge on any atom is 0.292 e. The van der Waals surface area contributed by atoms with Gasteiger partial charge < -0.3 is 5.11 Å². The fourth-order valence-corrected chi connectivity index (χ4v) is 0.209. The van der Waals surface area contributed by atoms with Crippen molar-refractivity contribution in [1.82, 2.24) is 0 Å². The number of hydrogen-bond donors (Lipinski definition) is 1. The van der Waals surface area contributed by atoms with Gasteiger partial charge in [0.15, 0.2) is 0 Å². The zero-order chi connectivity index (χ0) is 7.71. The van der Waals surface area contributed by atoms with Gasteiger partial charge in [0, 0.05) is 0 Å². The average Bonchev–Trinajstić information content (AvgIpc) is 1.64. The summed E-state index contributed by atoms with van der Waals surface area (Å²) in [7, 11) is 0. The van der Waals surface area contributed by atoms with Gasteiger partial charge in [0.05, 0.1) is 6.61 Å². The van der Waals surface area contributed by atoms with E-state index in [0.29, 0.717) is 0 Å². The Bertz CT molecular complexity index is 98.5. The fourth-order valence-electron chi connectivity index (χ4n) is 0.0896. The van der Waals surface area contributed by atoms with E-state index in [-0.39, 0.29) is 0 Å². The molecule has 0 saturated heterocycles. The van der Waals surface area contributed by atoms with Crippen LogP contribution in [0.3, 0.4) is 0 Å². The zero-order valence-corrected chi connectivity index (χ0v) is 7.07. The third kappa shape index (κ3) is 2.64. The van der Waals surface area contributed by atoms with Gasteiger partial charge in [-0.15, -0.1) is 0 Å². The number of aliphatic hydroxyl groups is 1. The van der Waals surface area contributed by atoms with Gasteiger partial charge in [0.25, 0.3) is 4.59 Å². The van der Waals surface area contributed by atoms with Gasteiger partial charge >= 0.3 is 0 Å². The summed E-state index contributed by atoms with van der Waals surface area (Å²) in [4.78, 5) is 0. The van der Waals surface area contributed by atoms with Gasteiger partial charge in [-0.3, -0.25) is 0 Å². The lowest BCUT2D eigenvalue weighted by Gasteiger charge is -2.22. The van der Waals surface area contributed by atoms with Crippen LogP contribution in [0.5, 0.6) is 0 Å². The molecule has 1 nitrogen and oxygen atoms in total. The summed E-state index contributed by atoms with van der Waals surface area (Å²) in [5.41, 5.74) is 0. The molecule has 0 aliphatic heterocycles. The van der Waals surface area contributed by atoms with Crippen molar-refractivity contribution >= 4 is 46.4 Å². The van der Waals surface area contributed by atoms with E-state index < -0.39 is 15.5 Å². The molecule has 0 aliphatic carbocycles. The molecular weight excluding hydrogens is 213 g/mol. The van der Waals surface area contributed by atoms with Crippen LogP contribution in [0.2, 0.25) is 0 Å². The quantitative estimate of drug-likeness (QED) is 0.701. The molecule has 56 valence electrons. The van der Waals surface area contributed by atoms with Crippen LogP contribution >= 0.6 is 46.4 Å². The molecule has 0 radical (unpaired) electrons. The number of rotatable bonds is 2. The lowest BCUT2D eigenvalue weighted by Crippen LogP contribution is -2.35. The monoisotopic (exact) mass is 214 g/mol. The second-order valence-electron chi connectivity index (χ2n) is 1.36. The van der Waals surface area contributed by atoms with Crippen LogP contribution in [0.4, 0.5) is 4.39 Å². The Kier molecular flexibility index (Phi) is 3.32. The molecule has 0 heterocycles. The molecule has 0 aromatic heterocycles. The van der Waals surface area contributed by atoms with E-state index in [2.05, 4.69) is 0 Å². The Labute approximate surface area is 71.6 Å². The maximum absolute atomic E-state index is 12.3. The Hall–Kier alpha value is 1.05. The van der Waals surface area contributed by atoms with Crippen molar-refractivity contribution in [2.24, 2.45) is 0 Å². The van der Waals surface area contributed by atoms with Crippen molar-refractivity contribution < 1.29 is 9.50 Å². The minimum atomic E-state index is -2.83. The summed E-state index contributed by atoms with van der Waals surface area (Å²) in [5.74, 6) is 0. The molecule has 1 N–H and O–H groups in total. The van der Waals surface area contributed by atoms with E-state index in [1.807, 2.05) is 0 Å². The summed E-state index contributed by atoms with van der Waals surface area (Å²) >= 11 is 19.7. The molecule has 0 saturated carbocycles. The van der Waals surface area contributed by atoms with Crippen LogP contribution in [-0.4, -0.2) is 20.6 Å². The predicted octanol–water partition coefficient (Wildman–Crippen LogP) is 2.25. The molecule has 0 spiro atoms. The van der Waals surface area contributed by atoms with Crippen molar-refractivity contribution in [3.8, 4) is 0 Å². The number of aliphatic hydroxyl groups excluding tert-OH is 1. The topological polar surface area (TPSA) is 20.2 Å². The highest BCUT2D eigenvalue weighted by molar-refractivity contribution is 6.61. The van der Waals surface area contributed by atoms with Gasteiger partial charge in [-0.05, 0) is 0 Å². The maximum atomic E-state index is 12.3. The van der Waals surface area contributed by atoms with Crippen molar-refractivity contribution in [3.63, 3.8) is 0 Å². The van der Waals surface area contributed by atoms with Crippen LogP contribution in [0, 0.1) is 0 Å². The largest absolute Gasteiger partial charge is 0.393 e. The zero-order valence-electron chi connectivity index (χ0n) is 4.04. The van der Waals surface area contributed by atoms with E-state index in [1.54, 1.807) is 0 Å². The number of hydrogen-bond acceptors (Lipinski definition) is 1. The molecule has 0 bridgehead atoms. The van der Waals surface area contributed by atoms with Crippen LogP contribution in [-0.2, 0) is 0 Å². The normalized spacial score (nSPS) is 14.0. The van der Waals surface area contributed by atoms with Crippen molar-refractivity contribution in [3.05, 3.63) is 0 Å². The summed E-state index contributed by atoms with van der Waals surface area (Å²) in [6.45, 7) is -0.848. The highest BCUT2D eigenvalue weighted by Gasteiger charge is 2.47. The SMILES string of the molecule is OCC(Cl)(Cl)C(F)(Cl)Cl. The second kappa shape index (κ2) is 2.97. The summed E-state index contributed by atoms with van der Waals surface area (Å²) < 4.78 is 7.29.